The Morgan fingerprint density at radius 2 is 2.05 bits per heavy atom. The summed E-state index contributed by atoms with van der Waals surface area (Å²) in [6.07, 6.45) is 1.96. The second kappa shape index (κ2) is 6.72. The number of benzene rings is 1. The largest absolute Gasteiger partial charge is 0.316 e. The number of rotatable bonds is 5. The van der Waals surface area contributed by atoms with Crippen LogP contribution in [0.5, 0.6) is 0 Å². The zero-order chi connectivity index (χ0) is 16.3. The zero-order valence-corrected chi connectivity index (χ0v) is 13.6. The van der Waals surface area contributed by atoms with Crippen LogP contribution >= 0.6 is 0 Å². The number of nitrogens with one attached hydrogen (secondary N) is 2. The maximum Gasteiger partial charge on any atom is 0.289 e. The fourth-order valence-corrected chi connectivity index (χ4v) is 3.89. The average molecular weight is 327 g/mol. The molecule has 1 saturated heterocycles. The van der Waals surface area contributed by atoms with Crippen LogP contribution in [0.3, 0.4) is 0 Å². The van der Waals surface area contributed by atoms with Crippen molar-refractivity contribution in [3.8, 4) is 0 Å². The van der Waals surface area contributed by atoms with E-state index in [4.69, 9.17) is 0 Å². The first-order chi connectivity index (χ1) is 10.3. The van der Waals surface area contributed by atoms with Crippen molar-refractivity contribution < 1.29 is 13.3 Å². The Labute approximate surface area is 130 Å². The Hall–Kier alpha value is -1.51. The third-order valence-electron chi connectivity index (χ3n) is 4.02. The molecule has 122 valence electrons. The maximum absolute atomic E-state index is 12.4. The normalized spacial score (nSPS) is 19.1. The van der Waals surface area contributed by atoms with Crippen molar-refractivity contribution in [2.45, 2.75) is 31.6 Å². The van der Waals surface area contributed by atoms with Gasteiger partial charge in [0, 0.05) is 12.6 Å². The van der Waals surface area contributed by atoms with E-state index in [2.05, 4.69) is 10.0 Å². The fourth-order valence-electron chi connectivity index (χ4n) is 2.54. The molecule has 0 aromatic heterocycles. The van der Waals surface area contributed by atoms with Gasteiger partial charge in [0.25, 0.3) is 5.69 Å². The van der Waals surface area contributed by atoms with Crippen molar-refractivity contribution in [1.29, 1.82) is 0 Å². The molecule has 22 heavy (non-hydrogen) atoms. The van der Waals surface area contributed by atoms with Gasteiger partial charge < -0.3 is 5.32 Å². The second-order valence-electron chi connectivity index (χ2n) is 5.73. The monoisotopic (exact) mass is 327 g/mol. The molecule has 0 aliphatic carbocycles. The molecule has 0 saturated carbocycles. The number of hydrogen-bond donors (Lipinski definition) is 2. The lowest BCUT2D eigenvalue weighted by molar-refractivity contribution is -0.387. The minimum absolute atomic E-state index is 0.217. The predicted octanol–water partition coefficient (Wildman–Crippen LogP) is 1.49. The molecule has 7 nitrogen and oxygen atoms in total. The van der Waals surface area contributed by atoms with Crippen LogP contribution in [0.25, 0.3) is 0 Å². The molecule has 1 atom stereocenters. The summed E-state index contributed by atoms with van der Waals surface area (Å²) in [7, 11) is -3.89. The van der Waals surface area contributed by atoms with Crippen LogP contribution in [0.15, 0.2) is 17.0 Å². The lowest BCUT2D eigenvalue weighted by Gasteiger charge is -2.22. The number of piperidine rings is 1. The minimum atomic E-state index is -3.89. The Bertz CT molecular complexity index is 667. The summed E-state index contributed by atoms with van der Waals surface area (Å²) in [6.45, 7) is 5.46. The van der Waals surface area contributed by atoms with E-state index in [1.54, 1.807) is 13.8 Å². The Morgan fingerprint density at radius 1 is 1.36 bits per heavy atom. The quantitative estimate of drug-likeness (QED) is 0.630. The van der Waals surface area contributed by atoms with Crippen molar-refractivity contribution in [2.24, 2.45) is 5.92 Å². The highest BCUT2D eigenvalue weighted by atomic mass is 32.2. The summed E-state index contributed by atoms with van der Waals surface area (Å²) in [4.78, 5) is 10.2. The Morgan fingerprint density at radius 3 is 2.64 bits per heavy atom. The highest BCUT2D eigenvalue weighted by molar-refractivity contribution is 7.89. The van der Waals surface area contributed by atoms with Gasteiger partial charge in [0.1, 0.15) is 0 Å². The van der Waals surface area contributed by atoms with Crippen LogP contribution in [0.4, 0.5) is 5.69 Å². The minimum Gasteiger partial charge on any atom is -0.316 e. The first-order valence-corrected chi connectivity index (χ1v) is 8.75. The molecule has 0 amide bonds. The molecule has 1 heterocycles. The lowest BCUT2D eigenvalue weighted by Crippen LogP contribution is -2.38. The summed E-state index contributed by atoms with van der Waals surface area (Å²) in [5.41, 5.74) is 1.03. The molecule has 1 aliphatic rings. The third kappa shape index (κ3) is 3.82. The molecular weight excluding hydrogens is 306 g/mol. The van der Waals surface area contributed by atoms with E-state index >= 15 is 0 Å². The molecule has 8 heteroatoms. The Balaban J connectivity index is 2.24. The van der Waals surface area contributed by atoms with Crippen LogP contribution in [-0.2, 0) is 10.0 Å². The van der Waals surface area contributed by atoms with Crippen molar-refractivity contribution in [3.05, 3.63) is 33.4 Å². The van der Waals surface area contributed by atoms with E-state index in [0.29, 0.717) is 17.7 Å². The van der Waals surface area contributed by atoms with Crippen LogP contribution < -0.4 is 10.0 Å². The van der Waals surface area contributed by atoms with Gasteiger partial charge in [-0.05, 0) is 62.9 Å². The first kappa shape index (κ1) is 16.9. The van der Waals surface area contributed by atoms with Gasteiger partial charge in [-0.1, -0.05) is 0 Å². The number of aryl methyl sites for hydroxylation is 2. The summed E-state index contributed by atoms with van der Waals surface area (Å²) in [6, 6.07) is 2.68. The number of nitro groups is 1. The summed E-state index contributed by atoms with van der Waals surface area (Å²) >= 11 is 0. The average Bonchev–Trinajstić information content (AvgIpc) is 2.48. The van der Waals surface area contributed by atoms with Gasteiger partial charge in [0.2, 0.25) is 10.0 Å². The first-order valence-electron chi connectivity index (χ1n) is 7.27. The van der Waals surface area contributed by atoms with Crippen LogP contribution in [0, 0.1) is 29.9 Å². The van der Waals surface area contributed by atoms with Gasteiger partial charge in [-0.3, -0.25) is 10.1 Å². The molecule has 0 radical (unpaired) electrons. The zero-order valence-electron chi connectivity index (χ0n) is 12.8. The van der Waals surface area contributed by atoms with Gasteiger partial charge in [0.15, 0.2) is 4.90 Å². The molecule has 1 aliphatic heterocycles. The van der Waals surface area contributed by atoms with Crippen molar-refractivity contribution >= 4 is 15.7 Å². The van der Waals surface area contributed by atoms with Crippen molar-refractivity contribution in [2.75, 3.05) is 19.6 Å². The molecule has 1 aromatic rings. The smallest absolute Gasteiger partial charge is 0.289 e. The maximum atomic E-state index is 12.4. The van der Waals surface area contributed by atoms with E-state index in [1.807, 2.05) is 0 Å². The van der Waals surface area contributed by atoms with Crippen molar-refractivity contribution in [1.82, 2.24) is 10.0 Å². The van der Waals surface area contributed by atoms with E-state index in [9.17, 15) is 18.5 Å². The van der Waals surface area contributed by atoms with E-state index < -0.39 is 14.9 Å². The number of nitrogens with zero attached hydrogens (tertiary/aromatic N) is 1. The molecule has 0 bridgehead atoms. The molecule has 2 N–H and O–H groups in total. The van der Waals surface area contributed by atoms with Gasteiger partial charge in [-0.15, -0.1) is 0 Å². The fraction of sp³-hybridized carbons (Fsp3) is 0.571. The molecular formula is C14H21N3O4S. The van der Waals surface area contributed by atoms with Crippen LogP contribution in [0.1, 0.15) is 24.0 Å². The van der Waals surface area contributed by atoms with Gasteiger partial charge >= 0.3 is 0 Å². The van der Waals surface area contributed by atoms with Crippen LogP contribution in [0.2, 0.25) is 0 Å². The second-order valence-corrected chi connectivity index (χ2v) is 7.46. The van der Waals surface area contributed by atoms with Gasteiger partial charge in [-0.25, -0.2) is 13.1 Å². The predicted molar refractivity (Wildman–Crippen MR) is 83.4 cm³/mol. The number of hydrogen-bond acceptors (Lipinski definition) is 5. The van der Waals surface area contributed by atoms with Gasteiger partial charge in [-0.2, -0.15) is 0 Å². The summed E-state index contributed by atoms with van der Waals surface area (Å²) in [5.74, 6) is 0.217. The number of sulfonamides is 1. The lowest BCUT2D eigenvalue weighted by atomic mass is 10.0. The van der Waals surface area contributed by atoms with Crippen molar-refractivity contribution in [3.63, 3.8) is 0 Å². The topological polar surface area (TPSA) is 101 Å². The summed E-state index contributed by atoms with van der Waals surface area (Å²) < 4.78 is 27.4. The van der Waals surface area contributed by atoms with Gasteiger partial charge in [0.05, 0.1) is 4.92 Å². The summed E-state index contributed by atoms with van der Waals surface area (Å²) in [5, 5.41) is 14.4. The highest BCUT2D eigenvalue weighted by Gasteiger charge is 2.27. The molecule has 1 aromatic carbocycles. The van der Waals surface area contributed by atoms with Crippen LogP contribution in [-0.4, -0.2) is 33.0 Å². The molecule has 1 fully saturated rings. The SMILES string of the molecule is Cc1cc([N+](=O)[O-])c(S(=O)(=O)NCC2CCCNC2)cc1C. The third-order valence-corrected chi connectivity index (χ3v) is 5.48. The van der Waals surface area contributed by atoms with E-state index in [-0.39, 0.29) is 16.5 Å². The standard InChI is InChI=1S/C14H21N3O4S/c1-10-6-13(17(18)19)14(7-11(10)2)22(20,21)16-9-12-4-3-5-15-8-12/h6-7,12,15-16H,3-5,8-9H2,1-2H3. The molecule has 1 unspecified atom stereocenters. The molecule has 2 rings (SSSR count). The highest BCUT2D eigenvalue weighted by Crippen LogP contribution is 2.27. The van der Waals surface area contributed by atoms with E-state index in [1.165, 1.54) is 12.1 Å². The van der Waals surface area contributed by atoms with E-state index in [0.717, 1.165) is 25.9 Å². The number of nitro benzene ring substituents is 1. The molecule has 0 spiro atoms. The Kier molecular flexibility index (Phi) is 5.15.